The minimum Gasteiger partial charge on any atom is -0.376 e. The lowest BCUT2D eigenvalue weighted by atomic mass is 9.94. The van der Waals surface area contributed by atoms with Crippen molar-refractivity contribution in [3.8, 4) is 0 Å². The lowest BCUT2D eigenvalue weighted by molar-refractivity contribution is 0.146. The maximum absolute atomic E-state index is 5.40. The molecule has 1 unspecified atom stereocenters. The predicted molar refractivity (Wildman–Crippen MR) is 43.2 cm³/mol. The van der Waals surface area contributed by atoms with Gasteiger partial charge in [0.15, 0.2) is 0 Å². The lowest BCUT2D eigenvalue weighted by Gasteiger charge is -2.20. The molecule has 58 valence electrons. The van der Waals surface area contributed by atoms with Gasteiger partial charge >= 0.3 is 0 Å². The van der Waals surface area contributed by atoms with Gasteiger partial charge in [-0.25, -0.2) is 0 Å². The Morgan fingerprint density at radius 2 is 2.45 bits per heavy atom. The number of allylic oxidation sites excluding steroid dienone is 1. The van der Waals surface area contributed by atoms with Crippen molar-refractivity contribution in [2.45, 2.75) is 12.8 Å². The maximum atomic E-state index is 5.40. The normalized spacial score (nSPS) is 40.0. The van der Waals surface area contributed by atoms with Crippen LogP contribution >= 0.6 is 0 Å². The highest BCUT2D eigenvalue weighted by Crippen LogP contribution is 2.50. The third-order valence-electron chi connectivity index (χ3n) is 3.02. The molecule has 0 aromatic rings. The van der Waals surface area contributed by atoms with E-state index in [1.165, 1.54) is 18.4 Å². The Morgan fingerprint density at radius 1 is 1.45 bits per heavy atom. The van der Waals surface area contributed by atoms with Crippen LogP contribution in [-0.4, -0.2) is 13.2 Å². The Bertz CT molecular complexity index is 250. The molecule has 0 bridgehead atoms. The van der Waals surface area contributed by atoms with Crippen LogP contribution in [0.4, 0.5) is 0 Å². The summed E-state index contributed by atoms with van der Waals surface area (Å²) in [4.78, 5) is 0. The molecule has 0 spiro atoms. The molecule has 3 rings (SSSR count). The molecule has 0 aromatic carbocycles. The van der Waals surface area contributed by atoms with Crippen LogP contribution in [0.5, 0.6) is 0 Å². The SMILES string of the molecule is C1=C[C@@H]2CC2C2=C1COCC2. The Morgan fingerprint density at radius 3 is 3.45 bits per heavy atom. The summed E-state index contributed by atoms with van der Waals surface area (Å²) in [6, 6.07) is 0. The molecule has 1 nitrogen and oxygen atoms in total. The smallest absolute Gasteiger partial charge is 0.0716 e. The molecule has 1 heteroatoms. The van der Waals surface area contributed by atoms with Crippen LogP contribution in [0.3, 0.4) is 0 Å². The van der Waals surface area contributed by atoms with Crippen molar-refractivity contribution in [3.63, 3.8) is 0 Å². The van der Waals surface area contributed by atoms with Crippen molar-refractivity contribution in [1.29, 1.82) is 0 Å². The van der Waals surface area contributed by atoms with E-state index in [9.17, 15) is 0 Å². The second-order valence-electron chi connectivity index (χ2n) is 3.72. The number of rotatable bonds is 0. The van der Waals surface area contributed by atoms with Gasteiger partial charge in [-0.2, -0.15) is 0 Å². The number of hydrogen-bond acceptors (Lipinski definition) is 1. The largest absolute Gasteiger partial charge is 0.376 e. The molecule has 0 radical (unpaired) electrons. The van der Waals surface area contributed by atoms with Gasteiger partial charge in [-0.1, -0.05) is 17.7 Å². The van der Waals surface area contributed by atoms with Gasteiger partial charge in [0.05, 0.1) is 13.2 Å². The topological polar surface area (TPSA) is 9.23 Å². The Kier molecular flexibility index (Phi) is 1.08. The van der Waals surface area contributed by atoms with Gasteiger partial charge in [-0.15, -0.1) is 0 Å². The molecular formula is C10H12O. The van der Waals surface area contributed by atoms with Crippen LogP contribution in [0.25, 0.3) is 0 Å². The predicted octanol–water partition coefficient (Wildman–Crippen LogP) is 1.91. The molecule has 1 fully saturated rings. The summed E-state index contributed by atoms with van der Waals surface area (Å²) in [7, 11) is 0. The van der Waals surface area contributed by atoms with Crippen molar-refractivity contribution in [2.75, 3.05) is 13.2 Å². The molecule has 11 heavy (non-hydrogen) atoms. The summed E-state index contributed by atoms with van der Waals surface area (Å²) in [5.41, 5.74) is 3.19. The summed E-state index contributed by atoms with van der Waals surface area (Å²) in [5.74, 6) is 1.84. The first-order valence-corrected chi connectivity index (χ1v) is 4.43. The molecule has 0 saturated heterocycles. The second kappa shape index (κ2) is 1.98. The number of ether oxygens (including phenoxy) is 1. The second-order valence-corrected chi connectivity index (χ2v) is 3.72. The van der Waals surface area contributed by atoms with E-state index >= 15 is 0 Å². The van der Waals surface area contributed by atoms with Gasteiger partial charge in [0.25, 0.3) is 0 Å². The first-order valence-electron chi connectivity index (χ1n) is 4.43. The zero-order chi connectivity index (χ0) is 7.26. The van der Waals surface area contributed by atoms with E-state index in [0.29, 0.717) is 0 Å². The van der Waals surface area contributed by atoms with Crippen LogP contribution in [0, 0.1) is 11.8 Å². The summed E-state index contributed by atoms with van der Waals surface area (Å²) in [6.45, 7) is 1.82. The van der Waals surface area contributed by atoms with E-state index in [2.05, 4.69) is 12.2 Å². The van der Waals surface area contributed by atoms with E-state index in [0.717, 1.165) is 25.0 Å². The lowest BCUT2D eigenvalue weighted by Crippen LogP contribution is -2.13. The molecule has 2 aliphatic carbocycles. The van der Waals surface area contributed by atoms with Crippen LogP contribution in [0.1, 0.15) is 12.8 Å². The third-order valence-corrected chi connectivity index (χ3v) is 3.02. The molecule has 1 aliphatic heterocycles. The first kappa shape index (κ1) is 6.01. The molecule has 1 saturated carbocycles. The number of hydrogen-bond donors (Lipinski definition) is 0. The van der Waals surface area contributed by atoms with Gasteiger partial charge in [0, 0.05) is 0 Å². The van der Waals surface area contributed by atoms with Crippen molar-refractivity contribution in [1.82, 2.24) is 0 Å². The van der Waals surface area contributed by atoms with Crippen molar-refractivity contribution in [3.05, 3.63) is 23.3 Å². The average molecular weight is 148 g/mol. The Balaban J connectivity index is 2.01. The maximum Gasteiger partial charge on any atom is 0.0716 e. The Labute approximate surface area is 66.7 Å². The van der Waals surface area contributed by atoms with Crippen LogP contribution in [0.2, 0.25) is 0 Å². The van der Waals surface area contributed by atoms with Crippen molar-refractivity contribution in [2.24, 2.45) is 11.8 Å². The van der Waals surface area contributed by atoms with Crippen molar-refractivity contribution >= 4 is 0 Å². The van der Waals surface area contributed by atoms with Gasteiger partial charge in [0.2, 0.25) is 0 Å². The van der Waals surface area contributed by atoms with E-state index < -0.39 is 0 Å². The summed E-state index contributed by atoms with van der Waals surface area (Å²) < 4.78 is 5.40. The molecule has 3 aliphatic rings. The zero-order valence-corrected chi connectivity index (χ0v) is 6.55. The fourth-order valence-electron chi connectivity index (χ4n) is 2.26. The zero-order valence-electron chi connectivity index (χ0n) is 6.55. The van der Waals surface area contributed by atoms with E-state index in [4.69, 9.17) is 4.74 Å². The standard InChI is InChI=1S/C10H12O/c1-2-8-6-11-4-3-9(8)10-5-7(1)10/h1-2,7,10H,3-6H2/t7-,10?/m1/s1. The monoisotopic (exact) mass is 148 g/mol. The fraction of sp³-hybridized carbons (Fsp3) is 0.600. The molecule has 0 aromatic heterocycles. The Hall–Kier alpha value is -0.560. The van der Waals surface area contributed by atoms with Gasteiger partial charge in [-0.05, 0) is 30.3 Å². The minimum atomic E-state index is 0.870. The van der Waals surface area contributed by atoms with Crippen LogP contribution in [-0.2, 0) is 4.74 Å². The molecule has 0 amide bonds. The molecule has 1 heterocycles. The average Bonchev–Trinajstić information content (AvgIpc) is 2.83. The van der Waals surface area contributed by atoms with Crippen LogP contribution in [0.15, 0.2) is 23.3 Å². The molecular weight excluding hydrogens is 136 g/mol. The number of fused-ring (bicyclic) bond motifs is 2. The third kappa shape index (κ3) is 0.807. The summed E-state index contributed by atoms with van der Waals surface area (Å²) in [5, 5.41) is 0. The van der Waals surface area contributed by atoms with Crippen LogP contribution < -0.4 is 0 Å². The highest BCUT2D eigenvalue weighted by molar-refractivity contribution is 5.39. The van der Waals surface area contributed by atoms with Gasteiger partial charge in [0.1, 0.15) is 0 Å². The fourth-order valence-corrected chi connectivity index (χ4v) is 2.26. The van der Waals surface area contributed by atoms with E-state index in [1.807, 2.05) is 0 Å². The highest BCUT2D eigenvalue weighted by Gasteiger charge is 2.41. The molecule has 2 atom stereocenters. The summed E-state index contributed by atoms with van der Waals surface area (Å²) in [6.07, 6.45) is 7.25. The first-order chi connectivity index (χ1) is 5.45. The summed E-state index contributed by atoms with van der Waals surface area (Å²) >= 11 is 0. The quantitative estimate of drug-likeness (QED) is 0.510. The van der Waals surface area contributed by atoms with E-state index in [-0.39, 0.29) is 0 Å². The minimum absolute atomic E-state index is 0.870. The van der Waals surface area contributed by atoms with Gasteiger partial charge < -0.3 is 4.74 Å². The highest BCUT2D eigenvalue weighted by atomic mass is 16.5. The van der Waals surface area contributed by atoms with Gasteiger partial charge in [-0.3, -0.25) is 0 Å². The van der Waals surface area contributed by atoms with Crippen molar-refractivity contribution < 1.29 is 4.74 Å². The molecule has 0 N–H and O–H groups in total. The van der Waals surface area contributed by atoms with E-state index in [1.54, 1.807) is 5.57 Å².